The number of nitrogens with zero attached hydrogens (tertiary/aromatic N) is 1. The van der Waals surface area contributed by atoms with Crippen LogP contribution in [0, 0.1) is 17.2 Å². The molecular weight excluding hydrogens is 420 g/mol. The SMILES string of the molecule is COC(CCCCCC(C#N)C(CB1OC(C)(C)C(C)(C)O1)B1OC(C)(C)C(C)(C)O1)OC. The van der Waals surface area contributed by atoms with Crippen LogP contribution in [0.2, 0.25) is 12.1 Å². The molecule has 2 atom stereocenters. The minimum atomic E-state index is -0.481. The molecule has 0 spiro atoms. The molecule has 0 aliphatic carbocycles. The molecule has 2 saturated heterocycles. The summed E-state index contributed by atoms with van der Waals surface area (Å²) in [6.45, 7) is 16.4. The Balaban J connectivity index is 2.09. The van der Waals surface area contributed by atoms with Crippen molar-refractivity contribution < 1.29 is 28.1 Å². The molecule has 0 aromatic heterocycles. The Morgan fingerprint density at radius 2 is 1.18 bits per heavy atom. The highest BCUT2D eigenvalue weighted by molar-refractivity contribution is 6.53. The second-order valence-corrected chi connectivity index (χ2v) is 11.5. The monoisotopic (exact) mass is 465 g/mol. The number of hydrogen-bond acceptors (Lipinski definition) is 7. The van der Waals surface area contributed by atoms with Crippen molar-refractivity contribution in [3.63, 3.8) is 0 Å². The predicted molar refractivity (Wildman–Crippen MR) is 131 cm³/mol. The Labute approximate surface area is 202 Å². The van der Waals surface area contributed by atoms with Gasteiger partial charge in [0.15, 0.2) is 6.29 Å². The van der Waals surface area contributed by atoms with Crippen LogP contribution in [0.25, 0.3) is 0 Å². The van der Waals surface area contributed by atoms with E-state index < -0.39 is 36.6 Å². The molecule has 9 heteroatoms. The van der Waals surface area contributed by atoms with Crippen LogP contribution in [0.15, 0.2) is 0 Å². The van der Waals surface area contributed by atoms with Crippen LogP contribution in [-0.4, -0.2) is 57.2 Å². The largest absolute Gasteiger partial charge is 0.461 e. The van der Waals surface area contributed by atoms with Gasteiger partial charge in [-0.15, -0.1) is 0 Å². The molecule has 7 nitrogen and oxygen atoms in total. The Bertz CT molecular complexity index is 642. The number of ether oxygens (including phenoxy) is 2. The van der Waals surface area contributed by atoms with Gasteiger partial charge in [-0.3, -0.25) is 0 Å². The summed E-state index contributed by atoms with van der Waals surface area (Å²) in [6, 6.07) is 2.55. The molecule has 0 aromatic rings. The van der Waals surface area contributed by atoms with E-state index >= 15 is 0 Å². The number of unbranched alkanes of at least 4 members (excludes halogenated alkanes) is 2. The zero-order valence-electron chi connectivity index (χ0n) is 22.5. The minimum absolute atomic E-state index is 0.156. The van der Waals surface area contributed by atoms with Crippen molar-refractivity contribution in [2.75, 3.05) is 14.2 Å². The van der Waals surface area contributed by atoms with Crippen molar-refractivity contribution in [3.05, 3.63) is 0 Å². The average Bonchev–Trinajstić information content (AvgIpc) is 3.05. The third kappa shape index (κ3) is 6.74. The summed E-state index contributed by atoms with van der Waals surface area (Å²) in [4.78, 5) is 0. The lowest BCUT2D eigenvalue weighted by molar-refractivity contribution is -0.107. The van der Waals surface area contributed by atoms with Gasteiger partial charge in [0.25, 0.3) is 0 Å². The lowest BCUT2D eigenvalue weighted by Gasteiger charge is -2.32. The molecule has 188 valence electrons. The number of rotatable bonds is 12. The van der Waals surface area contributed by atoms with Crippen molar-refractivity contribution in [3.8, 4) is 6.07 Å². The molecular formula is C24H45B2NO6. The zero-order chi connectivity index (χ0) is 25.1. The summed E-state index contributed by atoms with van der Waals surface area (Å²) in [6.07, 6.45) is 4.94. The molecule has 2 unspecified atom stereocenters. The Hall–Kier alpha value is -0.620. The van der Waals surface area contributed by atoms with Crippen LogP contribution >= 0.6 is 0 Å². The average molecular weight is 465 g/mol. The van der Waals surface area contributed by atoms with E-state index in [2.05, 4.69) is 6.07 Å². The van der Waals surface area contributed by atoms with Crippen LogP contribution in [0.3, 0.4) is 0 Å². The van der Waals surface area contributed by atoms with Gasteiger partial charge in [-0.25, -0.2) is 0 Å². The first-order valence-electron chi connectivity index (χ1n) is 12.4. The highest BCUT2D eigenvalue weighted by Gasteiger charge is 2.58. The number of nitriles is 1. The first-order valence-corrected chi connectivity index (χ1v) is 12.4. The second-order valence-electron chi connectivity index (χ2n) is 11.5. The van der Waals surface area contributed by atoms with Gasteiger partial charge in [0.05, 0.1) is 28.5 Å². The van der Waals surface area contributed by atoms with E-state index in [1.807, 2.05) is 55.4 Å². The van der Waals surface area contributed by atoms with Gasteiger partial charge in [0.1, 0.15) is 0 Å². The zero-order valence-corrected chi connectivity index (χ0v) is 22.5. The lowest BCUT2D eigenvalue weighted by Crippen LogP contribution is -2.41. The van der Waals surface area contributed by atoms with Crippen LogP contribution in [0.1, 0.15) is 87.5 Å². The number of methoxy groups -OCH3 is 2. The van der Waals surface area contributed by atoms with Gasteiger partial charge in [0, 0.05) is 26.0 Å². The van der Waals surface area contributed by atoms with E-state index in [1.54, 1.807) is 14.2 Å². The molecule has 0 amide bonds. The van der Waals surface area contributed by atoms with Gasteiger partial charge in [-0.05, 0) is 81.0 Å². The minimum Gasteiger partial charge on any atom is -0.403 e. The van der Waals surface area contributed by atoms with E-state index in [9.17, 15) is 5.26 Å². The molecule has 0 N–H and O–H groups in total. The fourth-order valence-corrected chi connectivity index (χ4v) is 4.37. The van der Waals surface area contributed by atoms with Crippen LogP contribution < -0.4 is 0 Å². The fraction of sp³-hybridized carbons (Fsp3) is 0.958. The van der Waals surface area contributed by atoms with E-state index in [0.717, 1.165) is 32.1 Å². The van der Waals surface area contributed by atoms with Crippen molar-refractivity contribution >= 4 is 14.2 Å². The summed E-state index contributed by atoms with van der Waals surface area (Å²) < 4.78 is 35.9. The second kappa shape index (κ2) is 11.0. The summed E-state index contributed by atoms with van der Waals surface area (Å²) in [5, 5.41) is 10.1. The predicted octanol–water partition coefficient (Wildman–Crippen LogP) is 5.25. The molecule has 2 rings (SSSR count). The normalized spacial score (nSPS) is 24.8. The van der Waals surface area contributed by atoms with E-state index in [4.69, 9.17) is 28.1 Å². The first kappa shape index (κ1) is 28.6. The smallest absolute Gasteiger partial charge is 0.403 e. The van der Waals surface area contributed by atoms with Crippen molar-refractivity contribution in [2.24, 2.45) is 5.92 Å². The molecule has 0 radical (unpaired) electrons. The Morgan fingerprint density at radius 3 is 1.64 bits per heavy atom. The molecule has 0 aromatic carbocycles. The van der Waals surface area contributed by atoms with Gasteiger partial charge >= 0.3 is 14.2 Å². The molecule has 0 saturated carbocycles. The van der Waals surface area contributed by atoms with Crippen LogP contribution in [0.5, 0.6) is 0 Å². The highest BCUT2D eigenvalue weighted by atomic mass is 16.7. The first-order chi connectivity index (χ1) is 15.2. The standard InChI is InChI=1S/C24H45B2NO6/c1-21(2)22(3,4)31-25(30-21)16-19(26-32-23(5,6)24(7,8)33-26)18(17-27)14-12-11-13-15-20(28-9)29-10/h18-20H,11-16H2,1-10H3. The highest BCUT2D eigenvalue weighted by Crippen LogP contribution is 2.47. The Morgan fingerprint density at radius 1 is 0.727 bits per heavy atom. The maximum Gasteiger partial charge on any atom is 0.461 e. The van der Waals surface area contributed by atoms with Crippen molar-refractivity contribution in [2.45, 2.75) is 128 Å². The molecule has 2 aliphatic heterocycles. The summed E-state index contributed by atoms with van der Waals surface area (Å²) in [5.74, 6) is -0.379. The summed E-state index contributed by atoms with van der Waals surface area (Å²) in [5.41, 5.74) is -1.75. The van der Waals surface area contributed by atoms with Gasteiger partial charge in [-0.1, -0.05) is 12.8 Å². The third-order valence-corrected chi connectivity index (χ3v) is 8.05. The fourth-order valence-electron chi connectivity index (χ4n) is 4.37. The molecule has 2 fully saturated rings. The van der Waals surface area contributed by atoms with Crippen LogP contribution in [-0.2, 0) is 28.1 Å². The van der Waals surface area contributed by atoms with E-state index in [0.29, 0.717) is 6.32 Å². The topological polar surface area (TPSA) is 79.2 Å². The lowest BCUT2D eigenvalue weighted by atomic mass is 9.55. The van der Waals surface area contributed by atoms with Gasteiger partial charge in [-0.2, -0.15) is 5.26 Å². The van der Waals surface area contributed by atoms with Crippen molar-refractivity contribution in [1.29, 1.82) is 5.26 Å². The van der Waals surface area contributed by atoms with Gasteiger partial charge < -0.3 is 28.1 Å². The van der Waals surface area contributed by atoms with Crippen molar-refractivity contribution in [1.82, 2.24) is 0 Å². The molecule has 33 heavy (non-hydrogen) atoms. The summed E-state index contributed by atoms with van der Waals surface area (Å²) in [7, 11) is 2.43. The molecule has 2 heterocycles. The third-order valence-electron chi connectivity index (χ3n) is 8.05. The maximum absolute atomic E-state index is 10.1. The van der Waals surface area contributed by atoms with Crippen LogP contribution in [0.4, 0.5) is 0 Å². The maximum atomic E-state index is 10.1. The Kier molecular flexibility index (Phi) is 9.51. The van der Waals surface area contributed by atoms with E-state index in [-0.39, 0.29) is 18.0 Å². The van der Waals surface area contributed by atoms with Gasteiger partial charge in [0.2, 0.25) is 0 Å². The quantitative estimate of drug-likeness (QED) is 0.221. The summed E-state index contributed by atoms with van der Waals surface area (Å²) >= 11 is 0. The van der Waals surface area contributed by atoms with E-state index in [1.165, 1.54) is 0 Å². The number of hydrogen-bond donors (Lipinski definition) is 0. The molecule has 2 aliphatic rings. The molecule has 0 bridgehead atoms.